The summed E-state index contributed by atoms with van der Waals surface area (Å²) in [7, 11) is 0. The highest BCUT2D eigenvalue weighted by Gasteiger charge is 2.18. The van der Waals surface area contributed by atoms with Crippen molar-refractivity contribution in [1.82, 2.24) is 20.4 Å². The maximum atomic E-state index is 12.1. The second-order valence-corrected chi connectivity index (χ2v) is 5.26. The quantitative estimate of drug-likeness (QED) is 0.695. The van der Waals surface area contributed by atoms with Gasteiger partial charge in [0.05, 0.1) is 12.1 Å². The fourth-order valence-electron chi connectivity index (χ4n) is 2.15. The molecule has 0 unspecified atom stereocenters. The van der Waals surface area contributed by atoms with Crippen LogP contribution < -0.4 is 5.32 Å². The summed E-state index contributed by atoms with van der Waals surface area (Å²) >= 11 is 0. The highest BCUT2D eigenvalue weighted by atomic mass is 16.5. The van der Waals surface area contributed by atoms with E-state index in [-0.39, 0.29) is 18.0 Å². The first-order valence-corrected chi connectivity index (χ1v) is 8.13. The Morgan fingerprint density at radius 3 is 2.50 bits per heavy atom. The Labute approximate surface area is 150 Å². The minimum absolute atomic E-state index is 0.0698. The fraction of sp³-hybridized carbons (Fsp3) is 0.353. The second kappa shape index (κ2) is 9.30. The molecule has 0 radical (unpaired) electrons. The molecule has 0 fully saturated rings. The summed E-state index contributed by atoms with van der Waals surface area (Å²) in [5.74, 6) is -0.992. The minimum Gasteiger partial charge on any atom is -0.452 e. The van der Waals surface area contributed by atoms with Gasteiger partial charge in [0.2, 0.25) is 18.2 Å². The van der Waals surface area contributed by atoms with Crippen molar-refractivity contribution in [2.24, 2.45) is 0 Å². The number of carbonyl (C=O) groups is 3. The van der Waals surface area contributed by atoms with Gasteiger partial charge in [-0.3, -0.25) is 9.59 Å². The van der Waals surface area contributed by atoms with Crippen molar-refractivity contribution >= 4 is 17.8 Å². The van der Waals surface area contributed by atoms with Gasteiger partial charge in [0.1, 0.15) is 0 Å². The third-order valence-corrected chi connectivity index (χ3v) is 3.50. The minimum atomic E-state index is -0.635. The van der Waals surface area contributed by atoms with Gasteiger partial charge in [-0.25, -0.2) is 4.79 Å². The lowest BCUT2D eigenvalue weighted by molar-refractivity contribution is -0.138. The van der Waals surface area contributed by atoms with Crippen LogP contribution in [0.2, 0.25) is 0 Å². The molecule has 1 aromatic carbocycles. The summed E-state index contributed by atoms with van der Waals surface area (Å²) in [5, 5.41) is 9.97. The molecule has 0 spiro atoms. The van der Waals surface area contributed by atoms with Crippen molar-refractivity contribution in [2.45, 2.75) is 13.8 Å². The maximum absolute atomic E-state index is 12.1. The number of hydrogen-bond donors (Lipinski definition) is 1. The Kier molecular flexibility index (Phi) is 6.84. The molecule has 1 N–H and O–H groups in total. The summed E-state index contributed by atoms with van der Waals surface area (Å²) in [4.78, 5) is 37.1. The van der Waals surface area contributed by atoms with Crippen LogP contribution in [0, 0.1) is 0 Å². The Hall–Kier alpha value is -3.23. The van der Waals surface area contributed by atoms with Crippen LogP contribution in [0.3, 0.4) is 0 Å². The predicted octanol–water partition coefficient (Wildman–Crippen LogP) is 0.878. The molecule has 0 saturated carbocycles. The number of aromatic nitrogens is 2. The van der Waals surface area contributed by atoms with Crippen LogP contribution in [0.1, 0.15) is 24.2 Å². The molecule has 0 bridgehead atoms. The lowest BCUT2D eigenvalue weighted by Crippen LogP contribution is -2.42. The highest BCUT2D eigenvalue weighted by molar-refractivity contribution is 5.92. The van der Waals surface area contributed by atoms with Gasteiger partial charge in [-0.05, 0) is 38.1 Å². The topological polar surface area (TPSA) is 115 Å². The van der Waals surface area contributed by atoms with E-state index in [1.807, 2.05) is 0 Å². The van der Waals surface area contributed by atoms with E-state index in [1.54, 1.807) is 38.1 Å². The lowest BCUT2D eigenvalue weighted by Gasteiger charge is -2.20. The van der Waals surface area contributed by atoms with Crippen LogP contribution in [0.25, 0.3) is 11.5 Å². The van der Waals surface area contributed by atoms with Crippen molar-refractivity contribution in [3.8, 4) is 11.5 Å². The van der Waals surface area contributed by atoms with E-state index in [2.05, 4.69) is 15.5 Å². The van der Waals surface area contributed by atoms with Gasteiger partial charge in [0, 0.05) is 18.7 Å². The summed E-state index contributed by atoms with van der Waals surface area (Å²) in [6, 6.07) is 6.36. The van der Waals surface area contributed by atoms with Crippen molar-refractivity contribution in [1.29, 1.82) is 0 Å². The normalized spacial score (nSPS) is 10.2. The van der Waals surface area contributed by atoms with Crippen molar-refractivity contribution < 1.29 is 23.5 Å². The number of esters is 1. The van der Waals surface area contributed by atoms with Crippen LogP contribution in [0.15, 0.2) is 35.1 Å². The van der Waals surface area contributed by atoms with Crippen LogP contribution in [0.4, 0.5) is 0 Å². The van der Waals surface area contributed by atoms with E-state index in [0.717, 1.165) is 0 Å². The van der Waals surface area contributed by atoms with Crippen LogP contribution in [-0.4, -0.2) is 59.1 Å². The molecule has 26 heavy (non-hydrogen) atoms. The maximum Gasteiger partial charge on any atom is 0.338 e. The molecular weight excluding hydrogens is 340 g/mol. The zero-order valence-electron chi connectivity index (χ0n) is 14.6. The van der Waals surface area contributed by atoms with E-state index in [1.165, 1.54) is 11.3 Å². The fourth-order valence-corrected chi connectivity index (χ4v) is 2.15. The molecule has 0 saturated heterocycles. The molecule has 2 aromatic rings. The number of likely N-dealkylation sites (N-methyl/N-ethyl adjacent to an activating group) is 2. The zero-order valence-corrected chi connectivity index (χ0v) is 14.6. The van der Waals surface area contributed by atoms with E-state index in [9.17, 15) is 14.4 Å². The Morgan fingerprint density at radius 2 is 1.92 bits per heavy atom. The number of benzene rings is 1. The van der Waals surface area contributed by atoms with Gasteiger partial charge in [0.15, 0.2) is 6.61 Å². The molecule has 2 amide bonds. The smallest absolute Gasteiger partial charge is 0.338 e. The zero-order chi connectivity index (χ0) is 18.9. The largest absolute Gasteiger partial charge is 0.452 e. The number of nitrogens with one attached hydrogen (secondary N) is 1. The molecule has 9 nitrogen and oxygen atoms in total. The Balaban J connectivity index is 1.88. The number of hydrogen-bond acceptors (Lipinski definition) is 7. The summed E-state index contributed by atoms with van der Waals surface area (Å²) in [5.41, 5.74) is 0.946. The van der Waals surface area contributed by atoms with E-state index in [4.69, 9.17) is 9.15 Å². The third kappa shape index (κ3) is 5.13. The molecule has 2 rings (SSSR count). The van der Waals surface area contributed by atoms with Gasteiger partial charge in [0.25, 0.3) is 5.91 Å². The van der Waals surface area contributed by atoms with Gasteiger partial charge < -0.3 is 19.4 Å². The lowest BCUT2D eigenvalue weighted by atomic mass is 10.1. The van der Waals surface area contributed by atoms with E-state index in [0.29, 0.717) is 24.5 Å². The van der Waals surface area contributed by atoms with Crippen molar-refractivity contribution in [3.05, 3.63) is 36.2 Å². The van der Waals surface area contributed by atoms with Crippen LogP contribution >= 0.6 is 0 Å². The predicted molar refractivity (Wildman–Crippen MR) is 91.0 cm³/mol. The Morgan fingerprint density at radius 1 is 1.19 bits per heavy atom. The first-order valence-electron chi connectivity index (χ1n) is 8.13. The molecular formula is C17H20N4O5. The molecule has 0 aliphatic heterocycles. The summed E-state index contributed by atoms with van der Waals surface area (Å²) in [6.45, 7) is 3.86. The second-order valence-electron chi connectivity index (χ2n) is 5.26. The third-order valence-electron chi connectivity index (χ3n) is 3.50. The van der Waals surface area contributed by atoms with Gasteiger partial charge in [-0.15, -0.1) is 10.2 Å². The number of rotatable bonds is 8. The molecule has 9 heteroatoms. The van der Waals surface area contributed by atoms with Gasteiger partial charge in [-0.2, -0.15) is 0 Å². The average molecular weight is 360 g/mol. The number of amides is 2. The average Bonchev–Trinajstić information content (AvgIpc) is 3.19. The molecule has 0 aliphatic carbocycles. The van der Waals surface area contributed by atoms with Crippen LogP contribution in [0.5, 0.6) is 0 Å². The SMILES string of the molecule is CCNC(=O)CN(CC)C(=O)COC(=O)c1ccc(-c2nnco2)cc1. The molecule has 1 heterocycles. The number of ether oxygens (including phenoxy) is 1. The monoisotopic (exact) mass is 360 g/mol. The highest BCUT2D eigenvalue weighted by Crippen LogP contribution is 2.17. The van der Waals surface area contributed by atoms with Crippen molar-refractivity contribution in [3.63, 3.8) is 0 Å². The number of nitrogens with zero attached hydrogens (tertiary/aromatic N) is 3. The molecule has 0 aliphatic rings. The molecule has 138 valence electrons. The van der Waals surface area contributed by atoms with Gasteiger partial charge in [-0.1, -0.05) is 0 Å². The van der Waals surface area contributed by atoms with E-state index >= 15 is 0 Å². The number of carbonyl (C=O) groups excluding carboxylic acids is 3. The summed E-state index contributed by atoms with van der Waals surface area (Å²) in [6.07, 6.45) is 1.21. The standard InChI is InChI=1S/C17H20N4O5/c1-3-18-14(22)9-21(4-2)15(23)10-25-17(24)13-7-5-12(6-8-13)16-20-19-11-26-16/h5-8,11H,3-4,9-10H2,1-2H3,(H,18,22). The molecule has 1 aromatic heterocycles. The van der Waals surface area contributed by atoms with Gasteiger partial charge >= 0.3 is 5.97 Å². The van der Waals surface area contributed by atoms with E-state index < -0.39 is 18.5 Å². The Bertz CT molecular complexity index is 743. The first kappa shape index (κ1) is 19.1. The summed E-state index contributed by atoms with van der Waals surface area (Å²) < 4.78 is 10.1. The van der Waals surface area contributed by atoms with Crippen LogP contribution in [-0.2, 0) is 14.3 Å². The van der Waals surface area contributed by atoms with Crippen molar-refractivity contribution in [2.75, 3.05) is 26.2 Å². The molecule has 0 atom stereocenters. The first-order chi connectivity index (χ1) is 12.5.